The number of ketones is 2. The largest absolute Gasteiger partial charge is 0.477 e. The highest BCUT2D eigenvalue weighted by Crippen LogP contribution is 2.46. The molecule has 0 unspecified atom stereocenters. The van der Waals surface area contributed by atoms with Gasteiger partial charge < -0.3 is 20.8 Å². The number of amides is 4. The van der Waals surface area contributed by atoms with Gasteiger partial charge in [0, 0.05) is 25.0 Å². The van der Waals surface area contributed by atoms with Gasteiger partial charge in [-0.1, -0.05) is 59.8 Å². The number of hydrogen-bond acceptors (Lipinski definition) is 10. The van der Waals surface area contributed by atoms with Crippen LogP contribution in [0, 0.1) is 0 Å². The van der Waals surface area contributed by atoms with E-state index in [2.05, 4.69) is 10.6 Å². The average Bonchev–Trinajstić information content (AvgIpc) is 3.14. The monoisotopic (exact) mass is 774 g/mol. The van der Waals surface area contributed by atoms with Gasteiger partial charge in [0.2, 0.25) is 11.8 Å². The highest BCUT2D eigenvalue weighted by molar-refractivity contribution is 8.01. The van der Waals surface area contributed by atoms with E-state index in [1.165, 1.54) is 26.0 Å². The third-order valence-corrected chi connectivity index (χ3v) is 13.1. The number of carboxylic acids is 2. The zero-order valence-electron chi connectivity index (χ0n) is 29.4. The lowest BCUT2D eigenvalue weighted by Gasteiger charge is -2.50. The normalized spacial score (nSPS) is 27.5. The number of allylic oxidation sites excluding steroid dienone is 10. The minimum atomic E-state index is -1.34. The SMILES string of the molecule is CC1=C(C(=O)O)N2C(=O)[C@@H](NC(=O)/C=C/C=C/C(=O)N[C@@H]3C(=O)N4C(C(=O)O)=C(C)[C@H](C(=O)CC5=CC=CCC5)S[C@H]34)[C@H]2S[C@@H]1C(=O)CC1=CC=CCC1. The number of carboxylic acid groups (broad SMARTS) is 2. The molecule has 4 N–H and O–H groups in total. The fourth-order valence-electron chi connectivity index (χ4n) is 7.16. The minimum absolute atomic E-state index is 0.149. The zero-order chi connectivity index (χ0) is 38.8. The Bertz CT molecular complexity index is 1850. The van der Waals surface area contributed by atoms with Crippen molar-refractivity contribution in [2.24, 2.45) is 0 Å². The lowest BCUT2D eigenvalue weighted by molar-refractivity contribution is -0.150. The molecule has 6 atom stereocenters. The van der Waals surface area contributed by atoms with Crippen molar-refractivity contribution >= 4 is 70.7 Å². The van der Waals surface area contributed by atoms with Crippen LogP contribution in [0.5, 0.6) is 0 Å². The van der Waals surface area contributed by atoms with E-state index in [-0.39, 0.29) is 46.9 Å². The Morgan fingerprint density at radius 2 is 1.09 bits per heavy atom. The summed E-state index contributed by atoms with van der Waals surface area (Å²) in [6.45, 7) is 3.05. The van der Waals surface area contributed by atoms with Crippen molar-refractivity contribution in [2.45, 2.75) is 85.7 Å². The highest BCUT2D eigenvalue weighted by Gasteiger charge is 2.57. The van der Waals surface area contributed by atoms with E-state index in [9.17, 15) is 48.6 Å². The Hall–Kier alpha value is -5.22. The number of rotatable bonds is 13. The fraction of sp³-hybridized carbons (Fsp3) is 0.368. The summed E-state index contributed by atoms with van der Waals surface area (Å²) in [5.41, 5.74) is 1.88. The molecule has 2 saturated heterocycles. The van der Waals surface area contributed by atoms with E-state index in [4.69, 9.17) is 0 Å². The number of Topliss-reactive ketones (excluding diaryl/α,β-unsaturated/α-hetero) is 2. The van der Waals surface area contributed by atoms with Crippen molar-refractivity contribution in [3.63, 3.8) is 0 Å². The molecular weight excluding hydrogens is 737 g/mol. The lowest BCUT2D eigenvalue weighted by Crippen LogP contribution is -2.71. The van der Waals surface area contributed by atoms with Gasteiger partial charge in [0.05, 0.1) is 10.5 Å². The van der Waals surface area contributed by atoms with Crippen LogP contribution in [0.1, 0.15) is 52.4 Å². The molecule has 0 bridgehead atoms. The number of fused-ring (bicyclic) bond motifs is 2. The zero-order valence-corrected chi connectivity index (χ0v) is 31.0. The molecule has 6 rings (SSSR count). The Labute approximate surface area is 318 Å². The molecule has 0 spiro atoms. The van der Waals surface area contributed by atoms with Gasteiger partial charge in [0.15, 0.2) is 11.6 Å². The molecule has 0 aromatic rings. The molecular formula is C38H38N4O10S2. The molecule has 0 aromatic heterocycles. The number of nitrogens with zero attached hydrogens (tertiary/aromatic N) is 2. The lowest BCUT2D eigenvalue weighted by atomic mass is 9.95. The Kier molecular flexibility index (Phi) is 11.4. The van der Waals surface area contributed by atoms with Gasteiger partial charge in [-0.15, -0.1) is 23.5 Å². The third kappa shape index (κ3) is 7.57. The number of hydrogen-bond donors (Lipinski definition) is 4. The quantitative estimate of drug-likeness (QED) is 0.121. The number of thioether (sulfide) groups is 2. The van der Waals surface area contributed by atoms with E-state index in [1.807, 2.05) is 36.5 Å². The maximum atomic E-state index is 13.3. The summed E-state index contributed by atoms with van der Waals surface area (Å²) < 4.78 is 0. The summed E-state index contributed by atoms with van der Waals surface area (Å²) in [5.74, 6) is -5.72. The van der Waals surface area contributed by atoms with Crippen LogP contribution >= 0.6 is 23.5 Å². The molecule has 4 aliphatic heterocycles. The van der Waals surface area contributed by atoms with Crippen molar-refractivity contribution < 1.29 is 48.6 Å². The van der Waals surface area contributed by atoms with Crippen molar-refractivity contribution in [1.82, 2.24) is 20.4 Å². The van der Waals surface area contributed by atoms with E-state index in [1.54, 1.807) is 0 Å². The van der Waals surface area contributed by atoms with Crippen molar-refractivity contribution in [1.29, 1.82) is 0 Å². The van der Waals surface area contributed by atoms with Gasteiger partial charge in [-0.2, -0.15) is 0 Å². The molecule has 6 aliphatic rings. The predicted molar refractivity (Wildman–Crippen MR) is 199 cm³/mol. The molecule has 0 saturated carbocycles. The molecule has 54 heavy (non-hydrogen) atoms. The van der Waals surface area contributed by atoms with Gasteiger partial charge in [-0.3, -0.25) is 38.6 Å². The molecule has 14 nitrogen and oxygen atoms in total. The maximum Gasteiger partial charge on any atom is 0.352 e. The first-order valence-electron chi connectivity index (χ1n) is 17.3. The van der Waals surface area contributed by atoms with Crippen LogP contribution in [0.2, 0.25) is 0 Å². The van der Waals surface area contributed by atoms with E-state index in [0.29, 0.717) is 0 Å². The van der Waals surface area contributed by atoms with Crippen molar-refractivity contribution in [3.05, 3.63) is 94.4 Å². The van der Waals surface area contributed by atoms with Crippen LogP contribution < -0.4 is 10.6 Å². The number of carbonyl (C=O) groups is 8. The molecule has 16 heteroatoms. The second-order valence-electron chi connectivity index (χ2n) is 13.5. The van der Waals surface area contributed by atoms with E-state index in [0.717, 1.165) is 82.3 Å². The topological polar surface area (TPSA) is 208 Å². The molecule has 4 amide bonds. The fourth-order valence-corrected chi connectivity index (χ4v) is 10.2. The van der Waals surface area contributed by atoms with Gasteiger partial charge in [0.25, 0.3) is 11.8 Å². The van der Waals surface area contributed by atoms with Gasteiger partial charge in [0.1, 0.15) is 34.2 Å². The number of nitrogens with one attached hydrogen (secondary N) is 2. The maximum absolute atomic E-state index is 13.3. The summed E-state index contributed by atoms with van der Waals surface area (Å²) in [6, 6.07) is -2.18. The van der Waals surface area contributed by atoms with Gasteiger partial charge >= 0.3 is 11.9 Å². The Morgan fingerprint density at radius 1 is 0.704 bits per heavy atom. The second-order valence-corrected chi connectivity index (χ2v) is 15.9. The molecule has 4 heterocycles. The first-order valence-corrected chi connectivity index (χ1v) is 19.2. The predicted octanol–water partition coefficient (Wildman–Crippen LogP) is 2.82. The first-order chi connectivity index (χ1) is 25.8. The minimum Gasteiger partial charge on any atom is -0.477 e. The summed E-state index contributed by atoms with van der Waals surface area (Å²) in [4.78, 5) is 105. The Morgan fingerprint density at radius 3 is 1.43 bits per heavy atom. The Balaban J connectivity index is 1.04. The summed E-state index contributed by atoms with van der Waals surface area (Å²) in [7, 11) is 0. The molecule has 0 radical (unpaired) electrons. The molecule has 2 aliphatic carbocycles. The van der Waals surface area contributed by atoms with Crippen molar-refractivity contribution in [2.75, 3.05) is 0 Å². The number of aliphatic carboxylic acids is 2. The van der Waals surface area contributed by atoms with Crippen LogP contribution in [0.15, 0.2) is 94.4 Å². The highest BCUT2D eigenvalue weighted by atomic mass is 32.2. The van der Waals surface area contributed by atoms with Gasteiger partial charge in [-0.25, -0.2) is 9.59 Å². The molecule has 282 valence electrons. The number of β-lactam (4-membered cyclic amide) rings is 2. The van der Waals surface area contributed by atoms with E-state index < -0.39 is 68.9 Å². The summed E-state index contributed by atoms with van der Waals surface area (Å²) in [5, 5.41) is 21.7. The number of carbonyl (C=O) groups excluding carboxylic acids is 6. The van der Waals surface area contributed by atoms with E-state index >= 15 is 0 Å². The standard InChI is InChI=1S/C38H38N4O10S2/c1-19-29(37(49)50)41-33(47)27(35(41)53-31(19)23(43)17-21-11-5-3-6-12-21)39-25(45)15-9-10-16-26(46)40-28-34(48)42-30(38(51)52)20(2)32(54-36(28)42)24(44)18-22-13-7-4-8-14-22/h3-5,7,9-11,13,15-16,27-28,31-32,35-36H,6,8,12,14,17-18H2,1-2H3,(H,39,45)(H,40,46)(H,49,50)(H,51,52)/b15-9+,16-10+/t27-,28-,31-,32+,35-,36-/m1/s1. The summed E-state index contributed by atoms with van der Waals surface area (Å²) in [6.07, 6.45) is 19.5. The smallest absolute Gasteiger partial charge is 0.352 e. The van der Waals surface area contributed by atoms with Crippen LogP contribution in [-0.2, 0) is 38.4 Å². The van der Waals surface area contributed by atoms with Crippen LogP contribution in [0.25, 0.3) is 0 Å². The molecule has 2 fully saturated rings. The van der Waals surface area contributed by atoms with Crippen LogP contribution in [-0.4, -0.2) is 100 Å². The first kappa shape index (κ1) is 38.5. The average molecular weight is 775 g/mol. The molecule has 0 aromatic carbocycles. The van der Waals surface area contributed by atoms with Crippen LogP contribution in [0.4, 0.5) is 0 Å². The van der Waals surface area contributed by atoms with Gasteiger partial charge in [-0.05, 0) is 50.7 Å². The van der Waals surface area contributed by atoms with Crippen LogP contribution in [0.3, 0.4) is 0 Å². The second kappa shape index (κ2) is 16.0. The van der Waals surface area contributed by atoms with Crippen molar-refractivity contribution in [3.8, 4) is 0 Å². The third-order valence-electron chi connectivity index (χ3n) is 9.85. The summed E-state index contributed by atoms with van der Waals surface area (Å²) >= 11 is 2.23.